The van der Waals surface area contributed by atoms with Crippen molar-refractivity contribution < 1.29 is 8.42 Å². The number of sulfone groups is 1. The van der Waals surface area contributed by atoms with Gasteiger partial charge in [0.05, 0.1) is 17.6 Å². The maximum Gasteiger partial charge on any atom is 0.214 e. The van der Waals surface area contributed by atoms with Crippen LogP contribution in [0.2, 0.25) is 0 Å². The monoisotopic (exact) mass is 378 g/mol. The van der Waals surface area contributed by atoms with Crippen molar-refractivity contribution in [2.75, 3.05) is 17.3 Å². The van der Waals surface area contributed by atoms with E-state index in [1.807, 2.05) is 30.5 Å². The number of hydrogen-bond acceptors (Lipinski definition) is 6. The van der Waals surface area contributed by atoms with Crippen LogP contribution in [0.3, 0.4) is 0 Å². The Bertz CT molecular complexity index is 948. The van der Waals surface area contributed by atoms with Gasteiger partial charge in [-0.15, -0.1) is 5.10 Å². The molecule has 0 spiro atoms. The third-order valence-electron chi connectivity index (χ3n) is 3.78. The van der Waals surface area contributed by atoms with Gasteiger partial charge in [0.2, 0.25) is 10.1 Å². The first-order valence-electron chi connectivity index (χ1n) is 8.00. The first-order valence-corrected chi connectivity index (χ1v) is 10.9. The summed E-state index contributed by atoms with van der Waals surface area (Å²) < 4.78 is 24.3. The van der Waals surface area contributed by atoms with E-state index in [9.17, 15) is 8.42 Å². The molecule has 0 saturated heterocycles. The van der Waals surface area contributed by atoms with Gasteiger partial charge in [-0.3, -0.25) is 0 Å². The number of nitrogens with zero attached hydrogens (tertiary/aromatic N) is 3. The zero-order valence-electron chi connectivity index (χ0n) is 14.8. The summed E-state index contributed by atoms with van der Waals surface area (Å²) in [6.07, 6.45) is 3.75. The number of aryl methyl sites for hydroxylation is 1. The Balaban J connectivity index is 1.70. The Morgan fingerprint density at radius 3 is 2.44 bits per heavy atom. The van der Waals surface area contributed by atoms with Gasteiger partial charge >= 0.3 is 0 Å². The van der Waals surface area contributed by atoms with Crippen molar-refractivity contribution in [2.24, 2.45) is 0 Å². The van der Waals surface area contributed by atoms with E-state index < -0.39 is 9.84 Å². The van der Waals surface area contributed by atoms with Crippen LogP contribution in [0.1, 0.15) is 32.0 Å². The van der Waals surface area contributed by atoms with Crippen LogP contribution in [0.15, 0.2) is 30.5 Å². The molecule has 3 rings (SSSR count). The fraction of sp³-hybridized carbons (Fsp3) is 0.412. The van der Waals surface area contributed by atoms with Crippen molar-refractivity contribution in [3.8, 4) is 0 Å². The second-order valence-corrected chi connectivity index (χ2v) is 10.4. The molecule has 0 aliphatic heterocycles. The lowest BCUT2D eigenvalue weighted by Crippen LogP contribution is -2.11. The summed E-state index contributed by atoms with van der Waals surface area (Å²) in [5.74, 6) is 0.166. The maximum absolute atomic E-state index is 11.2. The number of benzene rings is 1. The van der Waals surface area contributed by atoms with Crippen molar-refractivity contribution in [3.63, 3.8) is 0 Å². The van der Waals surface area contributed by atoms with E-state index in [4.69, 9.17) is 0 Å². The second-order valence-electron chi connectivity index (χ2n) is 7.21. The molecule has 0 atom stereocenters. The quantitative estimate of drug-likeness (QED) is 0.736. The molecule has 1 aromatic carbocycles. The Morgan fingerprint density at radius 1 is 1.20 bits per heavy atom. The average molecular weight is 379 g/mol. The van der Waals surface area contributed by atoms with Crippen LogP contribution in [-0.4, -0.2) is 35.0 Å². The number of imidazole rings is 1. The average Bonchev–Trinajstić information content (AvgIpc) is 3.03. The molecule has 0 aliphatic rings. The molecule has 6 nitrogen and oxygen atoms in total. The minimum Gasteiger partial charge on any atom is -0.330 e. The van der Waals surface area contributed by atoms with E-state index >= 15 is 0 Å². The number of hydrogen-bond donors (Lipinski definition) is 1. The van der Waals surface area contributed by atoms with Gasteiger partial charge in [-0.25, -0.2) is 17.9 Å². The first kappa shape index (κ1) is 17.9. The highest BCUT2D eigenvalue weighted by atomic mass is 32.2. The highest BCUT2D eigenvalue weighted by Gasteiger charge is 2.19. The largest absolute Gasteiger partial charge is 0.330 e. The SMILES string of the molecule is CC(C)(C)c1cn2nc(Nc3ccc(CCS(C)(=O)=O)cc3)sc2n1. The number of aromatic nitrogens is 3. The summed E-state index contributed by atoms with van der Waals surface area (Å²) in [5.41, 5.74) is 2.94. The van der Waals surface area contributed by atoms with Crippen LogP contribution in [0.4, 0.5) is 10.8 Å². The number of rotatable bonds is 5. The lowest BCUT2D eigenvalue weighted by molar-refractivity contribution is 0.572. The Hall–Kier alpha value is -1.93. The van der Waals surface area contributed by atoms with Gasteiger partial charge < -0.3 is 5.32 Å². The lowest BCUT2D eigenvalue weighted by Gasteiger charge is -2.13. The van der Waals surface area contributed by atoms with Crippen molar-refractivity contribution in [3.05, 3.63) is 41.7 Å². The van der Waals surface area contributed by atoms with Crippen LogP contribution in [0.5, 0.6) is 0 Å². The standard InChI is InChI=1S/C17H22N4O2S2/c1-17(2,3)14-11-21-16(19-14)24-15(20-21)18-13-7-5-12(6-8-13)9-10-25(4,22)23/h5-8,11H,9-10H2,1-4H3,(H,18,20). The van der Waals surface area contributed by atoms with E-state index in [0.29, 0.717) is 6.42 Å². The normalized spacial score (nSPS) is 12.6. The minimum absolute atomic E-state index is 0.00279. The molecular weight excluding hydrogens is 356 g/mol. The summed E-state index contributed by atoms with van der Waals surface area (Å²) in [5, 5.41) is 8.55. The summed E-state index contributed by atoms with van der Waals surface area (Å²) in [6.45, 7) is 6.39. The molecule has 0 bridgehead atoms. The van der Waals surface area contributed by atoms with Gasteiger partial charge in [0.25, 0.3) is 0 Å². The summed E-state index contributed by atoms with van der Waals surface area (Å²) in [4.78, 5) is 5.49. The van der Waals surface area contributed by atoms with Crippen molar-refractivity contribution in [2.45, 2.75) is 32.6 Å². The molecule has 0 radical (unpaired) electrons. The highest BCUT2D eigenvalue weighted by molar-refractivity contribution is 7.90. The molecule has 134 valence electrons. The van der Waals surface area contributed by atoms with E-state index in [-0.39, 0.29) is 11.2 Å². The zero-order chi connectivity index (χ0) is 18.2. The third kappa shape index (κ3) is 4.58. The van der Waals surface area contributed by atoms with E-state index in [2.05, 4.69) is 36.2 Å². The molecule has 2 aromatic heterocycles. The smallest absolute Gasteiger partial charge is 0.214 e. The Labute approximate surface area is 151 Å². The second kappa shape index (κ2) is 6.42. The molecule has 2 heterocycles. The van der Waals surface area contributed by atoms with Gasteiger partial charge in [-0.05, 0) is 24.1 Å². The van der Waals surface area contributed by atoms with Crippen LogP contribution >= 0.6 is 11.3 Å². The minimum atomic E-state index is -2.94. The lowest BCUT2D eigenvalue weighted by atomic mass is 9.93. The molecule has 0 saturated carbocycles. The van der Waals surface area contributed by atoms with Crippen LogP contribution in [-0.2, 0) is 21.7 Å². The third-order valence-corrected chi connectivity index (χ3v) is 5.56. The first-order chi connectivity index (χ1) is 11.6. The van der Waals surface area contributed by atoms with Gasteiger partial charge in [-0.2, -0.15) is 0 Å². The van der Waals surface area contributed by atoms with E-state index in [0.717, 1.165) is 27.0 Å². The van der Waals surface area contributed by atoms with Gasteiger partial charge in [-0.1, -0.05) is 44.2 Å². The van der Waals surface area contributed by atoms with E-state index in [1.54, 1.807) is 4.52 Å². The summed E-state index contributed by atoms with van der Waals surface area (Å²) in [6, 6.07) is 7.73. The van der Waals surface area contributed by atoms with E-state index in [1.165, 1.54) is 17.6 Å². The van der Waals surface area contributed by atoms with Gasteiger partial charge in [0.1, 0.15) is 9.84 Å². The Morgan fingerprint density at radius 2 is 1.88 bits per heavy atom. The Kier molecular flexibility index (Phi) is 4.59. The fourth-order valence-electron chi connectivity index (χ4n) is 2.29. The number of fused-ring (bicyclic) bond motifs is 1. The number of anilines is 2. The van der Waals surface area contributed by atoms with Crippen LogP contribution in [0.25, 0.3) is 4.96 Å². The molecule has 0 amide bonds. The van der Waals surface area contributed by atoms with Crippen LogP contribution < -0.4 is 5.32 Å². The number of nitrogens with one attached hydrogen (secondary N) is 1. The highest BCUT2D eigenvalue weighted by Crippen LogP contribution is 2.27. The molecule has 0 aliphatic carbocycles. The molecule has 0 unspecified atom stereocenters. The summed E-state index contributed by atoms with van der Waals surface area (Å²) in [7, 11) is -2.94. The van der Waals surface area contributed by atoms with Crippen molar-refractivity contribution in [1.82, 2.24) is 14.6 Å². The van der Waals surface area contributed by atoms with Gasteiger partial charge in [0.15, 0.2) is 0 Å². The molecular formula is C17H22N4O2S2. The zero-order valence-corrected chi connectivity index (χ0v) is 16.4. The van der Waals surface area contributed by atoms with Crippen molar-refractivity contribution >= 4 is 37.0 Å². The van der Waals surface area contributed by atoms with Crippen LogP contribution in [0, 0.1) is 0 Å². The topological polar surface area (TPSA) is 76.4 Å². The van der Waals surface area contributed by atoms with Gasteiger partial charge in [0, 0.05) is 17.4 Å². The fourth-order valence-corrected chi connectivity index (χ4v) is 3.70. The predicted molar refractivity (Wildman–Crippen MR) is 103 cm³/mol. The predicted octanol–water partition coefficient (Wildman–Crippen LogP) is 3.42. The molecule has 0 fully saturated rings. The molecule has 3 aromatic rings. The maximum atomic E-state index is 11.2. The molecule has 25 heavy (non-hydrogen) atoms. The summed E-state index contributed by atoms with van der Waals surface area (Å²) >= 11 is 1.50. The van der Waals surface area contributed by atoms with Crippen molar-refractivity contribution in [1.29, 1.82) is 0 Å². The molecule has 1 N–H and O–H groups in total. The molecule has 8 heteroatoms.